The molecule has 0 radical (unpaired) electrons. The monoisotopic (exact) mass is 410 g/mol. The molecule has 94 valence electrons. The van der Waals surface area contributed by atoms with Gasteiger partial charge in [-0.05, 0) is 37.9 Å². The van der Waals surface area contributed by atoms with Gasteiger partial charge in [0.15, 0.2) is 5.75 Å². The predicted molar refractivity (Wildman–Crippen MR) is 80.6 cm³/mol. The van der Waals surface area contributed by atoms with Crippen molar-refractivity contribution in [3.63, 3.8) is 0 Å². The lowest BCUT2D eigenvalue weighted by molar-refractivity contribution is 0.481. The quantitative estimate of drug-likeness (QED) is 0.682. The lowest BCUT2D eigenvalue weighted by Gasteiger charge is -2.12. The highest BCUT2D eigenvalue weighted by Crippen LogP contribution is 2.40. The van der Waals surface area contributed by atoms with Crippen LogP contribution in [-0.4, -0.2) is 4.98 Å². The third-order valence-electron chi connectivity index (χ3n) is 2.07. The smallest absolute Gasteiger partial charge is 0.167 e. The number of halogens is 4. The van der Waals surface area contributed by atoms with Crippen molar-refractivity contribution in [3.05, 3.63) is 43.5 Å². The number of benzene rings is 1. The Kier molecular flexibility index (Phi) is 4.37. The van der Waals surface area contributed by atoms with Gasteiger partial charge in [0.05, 0.1) is 26.4 Å². The van der Waals surface area contributed by atoms with Gasteiger partial charge in [-0.25, -0.2) is 0 Å². The Balaban J connectivity index is 2.43. The minimum Gasteiger partial charge on any atom is -0.452 e. The zero-order chi connectivity index (χ0) is 13.3. The van der Waals surface area contributed by atoms with E-state index in [9.17, 15) is 0 Å². The highest BCUT2D eigenvalue weighted by molar-refractivity contribution is 9.10. The maximum absolute atomic E-state index is 6.07. The summed E-state index contributed by atoms with van der Waals surface area (Å²) in [6.07, 6.45) is 3.08. The number of aromatic nitrogens is 1. The van der Waals surface area contributed by atoms with Crippen LogP contribution in [0.5, 0.6) is 11.5 Å². The minimum absolute atomic E-state index is 0.402. The molecule has 7 heteroatoms. The molecule has 1 aromatic heterocycles. The zero-order valence-electron chi connectivity index (χ0n) is 8.75. The first kappa shape index (κ1) is 13.9. The molecule has 2 N–H and O–H groups in total. The average molecular weight is 413 g/mol. The molecular weight excluding hydrogens is 407 g/mol. The van der Waals surface area contributed by atoms with Crippen molar-refractivity contribution >= 4 is 60.7 Å². The van der Waals surface area contributed by atoms with E-state index < -0.39 is 0 Å². The van der Waals surface area contributed by atoms with E-state index in [-0.39, 0.29) is 0 Å². The molecule has 1 aromatic carbocycles. The lowest BCUT2D eigenvalue weighted by atomic mass is 10.3. The molecule has 0 fully saturated rings. The molecule has 0 amide bonds. The van der Waals surface area contributed by atoms with E-state index in [1.165, 1.54) is 6.20 Å². The average Bonchev–Trinajstić information content (AvgIpc) is 2.30. The summed E-state index contributed by atoms with van der Waals surface area (Å²) in [6, 6.07) is 3.27. The second-order valence-electron chi connectivity index (χ2n) is 3.34. The Bertz CT molecular complexity index is 588. The molecule has 0 saturated carbocycles. The fourth-order valence-electron chi connectivity index (χ4n) is 1.24. The second-order valence-corrected chi connectivity index (χ2v) is 5.86. The van der Waals surface area contributed by atoms with Crippen LogP contribution in [0, 0.1) is 0 Å². The van der Waals surface area contributed by atoms with E-state index in [2.05, 4.69) is 36.8 Å². The van der Waals surface area contributed by atoms with Crippen LogP contribution in [0.1, 0.15) is 0 Å². The van der Waals surface area contributed by atoms with Crippen molar-refractivity contribution in [1.82, 2.24) is 4.98 Å². The minimum atomic E-state index is 0.402. The number of hydrogen-bond donors (Lipinski definition) is 1. The van der Waals surface area contributed by atoms with Gasteiger partial charge < -0.3 is 10.5 Å². The van der Waals surface area contributed by atoms with Crippen LogP contribution in [0.4, 0.5) is 5.69 Å². The topological polar surface area (TPSA) is 48.1 Å². The molecule has 0 saturated heterocycles. The van der Waals surface area contributed by atoms with Crippen LogP contribution in [0.25, 0.3) is 0 Å². The first-order valence-corrected chi connectivity index (χ1v) is 7.04. The van der Waals surface area contributed by atoms with E-state index in [0.717, 1.165) is 0 Å². The molecular formula is C11H6Br2Cl2N2O. The number of rotatable bonds is 2. The Morgan fingerprint density at radius 3 is 2.44 bits per heavy atom. The summed E-state index contributed by atoms with van der Waals surface area (Å²) in [7, 11) is 0. The molecule has 2 rings (SSSR count). The van der Waals surface area contributed by atoms with Gasteiger partial charge in [0.1, 0.15) is 5.75 Å². The Labute approximate surface area is 131 Å². The zero-order valence-corrected chi connectivity index (χ0v) is 13.4. The molecule has 1 heterocycles. The molecule has 0 spiro atoms. The summed E-state index contributed by atoms with van der Waals surface area (Å²) < 4.78 is 6.99. The van der Waals surface area contributed by atoms with Gasteiger partial charge in [-0.1, -0.05) is 23.2 Å². The number of pyridine rings is 1. The van der Waals surface area contributed by atoms with Gasteiger partial charge in [0, 0.05) is 16.7 Å². The predicted octanol–water partition coefficient (Wildman–Crippen LogP) is 5.29. The fraction of sp³-hybridized carbons (Fsp3) is 0. The van der Waals surface area contributed by atoms with Gasteiger partial charge in [-0.15, -0.1) is 0 Å². The first-order valence-electron chi connectivity index (χ1n) is 4.70. The number of nitrogens with zero attached hydrogens (tertiary/aromatic N) is 1. The maximum Gasteiger partial charge on any atom is 0.167 e. The number of hydrogen-bond acceptors (Lipinski definition) is 3. The van der Waals surface area contributed by atoms with Crippen LogP contribution in [0.15, 0.2) is 33.5 Å². The maximum atomic E-state index is 6.07. The van der Waals surface area contributed by atoms with E-state index in [0.29, 0.717) is 36.2 Å². The summed E-state index contributed by atoms with van der Waals surface area (Å²) >= 11 is 18.6. The Hall–Kier alpha value is -0.490. The highest BCUT2D eigenvalue weighted by Gasteiger charge is 2.12. The third-order valence-corrected chi connectivity index (χ3v) is 4.12. The molecule has 0 atom stereocenters. The van der Waals surface area contributed by atoms with Gasteiger partial charge >= 0.3 is 0 Å². The fourth-order valence-corrected chi connectivity index (χ4v) is 2.50. The molecule has 0 unspecified atom stereocenters. The van der Waals surface area contributed by atoms with Crippen LogP contribution >= 0.6 is 55.1 Å². The van der Waals surface area contributed by atoms with Gasteiger partial charge in [-0.3, -0.25) is 4.98 Å². The number of nitrogen functional groups attached to an aromatic ring is 1. The molecule has 2 aromatic rings. The number of nitrogens with two attached hydrogens (primary N) is 1. The van der Waals surface area contributed by atoms with Crippen molar-refractivity contribution in [3.8, 4) is 11.5 Å². The highest BCUT2D eigenvalue weighted by atomic mass is 79.9. The van der Waals surface area contributed by atoms with Gasteiger partial charge in [0.25, 0.3) is 0 Å². The van der Waals surface area contributed by atoms with Crippen molar-refractivity contribution < 1.29 is 4.74 Å². The van der Waals surface area contributed by atoms with Gasteiger partial charge in [-0.2, -0.15) is 0 Å². The van der Waals surface area contributed by atoms with Gasteiger partial charge in [0.2, 0.25) is 0 Å². The number of anilines is 1. The van der Waals surface area contributed by atoms with Crippen molar-refractivity contribution in [2.75, 3.05) is 5.73 Å². The van der Waals surface area contributed by atoms with Crippen LogP contribution in [0.2, 0.25) is 10.0 Å². The molecule has 0 bridgehead atoms. The molecule has 18 heavy (non-hydrogen) atoms. The van der Waals surface area contributed by atoms with E-state index in [4.69, 9.17) is 33.7 Å². The van der Waals surface area contributed by atoms with E-state index in [1.807, 2.05) is 0 Å². The summed E-state index contributed by atoms with van der Waals surface area (Å²) in [4.78, 5) is 3.92. The second kappa shape index (κ2) is 5.65. The molecule has 0 aliphatic heterocycles. The summed E-state index contributed by atoms with van der Waals surface area (Å²) in [5.41, 5.74) is 6.19. The number of ether oxygens (including phenoxy) is 1. The van der Waals surface area contributed by atoms with Crippen molar-refractivity contribution in [2.24, 2.45) is 0 Å². The first-order chi connectivity index (χ1) is 8.49. The Morgan fingerprint density at radius 2 is 1.78 bits per heavy atom. The third kappa shape index (κ3) is 2.91. The summed E-state index contributed by atoms with van der Waals surface area (Å²) in [5.74, 6) is 0.869. The van der Waals surface area contributed by atoms with E-state index >= 15 is 0 Å². The lowest BCUT2D eigenvalue weighted by Crippen LogP contribution is -1.95. The normalized spacial score (nSPS) is 10.4. The SMILES string of the molecule is Nc1cncc(Br)c1Oc1cc(Cl)c(Br)cc1Cl. The Morgan fingerprint density at radius 1 is 1.06 bits per heavy atom. The van der Waals surface area contributed by atoms with E-state index in [1.54, 1.807) is 18.3 Å². The summed E-state index contributed by atoms with van der Waals surface area (Å²) in [5, 5.41) is 0.924. The van der Waals surface area contributed by atoms with Crippen molar-refractivity contribution in [2.45, 2.75) is 0 Å². The molecule has 3 nitrogen and oxygen atoms in total. The molecule has 0 aliphatic carbocycles. The summed E-state index contributed by atoms with van der Waals surface area (Å²) in [6.45, 7) is 0. The largest absolute Gasteiger partial charge is 0.452 e. The van der Waals surface area contributed by atoms with Crippen LogP contribution < -0.4 is 10.5 Å². The van der Waals surface area contributed by atoms with Crippen molar-refractivity contribution in [1.29, 1.82) is 0 Å². The van der Waals surface area contributed by atoms with Crippen LogP contribution in [-0.2, 0) is 0 Å². The standard InChI is InChI=1S/C11H6Br2Cl2N2O/c12-5-1-8(15)10(2-7(5)14)18-11-6(13)3-17-4-9(11)16/h1-4H,16H2. The van der Waals surface area contributed by atoms with Crippen LogP contribution in [0.3, 0.4) is 0 Å². The molecule has 0 aliphatic rings.